The minimum Gasteiger partial charge on any atom is -0.497 e. The molecular weight excluding hydrogens is 358 g/mol. The summed E-state index contributed by atoms with van der Waals surface area (Å²) in [7, 11) is 1.62. The van der Waals surface area contributed by atoms with Gasteiger partial charge in [-0.25, -0.2) is 9.97 Å². The van der Waals surface area contributed by atoms with Gasteiger partial charge in [-0.1, -0.05) is 0 Å². The highest BCUT2D eigenvalue weighted by Crippen LogP contribution is 2.16. The molecule has 1 aromatic carbocycles. The number of anilines is 1. The van der Waals surface area contributed by atoms with Gasteiger partial charge in [0, 0.05) is 18.9 Å². The maximum absolute atomic E-state index is 12.1. The molecule has 3 rings (SSSR count). The Balaban J connectivity index is 1.40. The van der Waals surface area contributed by atoms with Crippen molar-refractivity contribution in [3.05, 3.63) is 72.4 Å². The van der Waals surface area contributed by atoms with Gasteiger partial charge in [-0.2, -0.15) is 0 Å². The van der Waals surface area contributed by atoms with Gasteiger partial charge in [0.25, 0.3) is 5.91 Å². The maximum atomic E-state index is 12.1. The standard InChI is InChI=1S/C20H21N5O3/c1-27-16-2-4-17(5-3-16)28-11-10-22-19-14-23-18(13-24-19)20(26)25-12-15-6-8-21-9-7-15/h2-9,13-14H,10-12H2,1H3,(H,22,24)(H,25,26). The summed E-state index contributed by atoms with van der Waals surface area (Å²) in [6.07, 6.45) is 6.32. The summed E-state index contributed by atoms with van der Waals surface area (Å²) in [4.78, 5) is 24.4. The number of pyridine rings is 1. The lowest BCUT2D eigenvalue weighted by Crippen LogP contribution is -2.24. The van der Waals surface area contributed by atoms with Crippen molar-refractivity contribution in [1.29, 1.82) is 0 Å². The minimum atomic E-state index is -0.279. The van der Waals surface area contributed by atoms with E-state index in [-0.39, 0.29) is 11.6 Å². The fourth-order valence-electron chi connectivity index (χ4n) is 2.33. The highest BCUT2D eigenvalue weighted by atomic mass is 16.5. The smallest absolute Gasteiger partial charge is 0.271 e. The molecule has 0 aliphatic carbocycles. The molecule has 8 nitrogen and oxygen atoms in total. The number of carbonyl (C=O) groups excluding carboxylic acids is 1. The Bertz CT molecular complexity index is 871. The van der Waals surface area contributed by atoms with Crippen LogP contribution in [0.1, 0.15) is 16.1 Å². The molecular formula is C20H21N5O3. The number of benzene rings is 1. The quantitative estimate of drug-likeness (QED) is 0.551. The van der Waals surface area contributed by atoms with Crippen molar-refractivity contribution in [2.75, 3.05) is 25.6 Å². The topological polar surface area (TPSA) is 98.3 Å². The Morgan fingerprint density at radius 3 is 2.43 bits per heavy atom. The molecule has 0 fully saturated rings. The molecule has 0 saturated heterocycles. The highest BCUT2D eigenvalue weighted by Gasteiger charge is 2.07. The van der Waals surface area contributed by atoms with Gasteiger partial charge in [0.05, 0.1) is 26.0 Å². The van der Waals surface area contributed by atoms with Crippen molar-refractivity contribution in [1.82, 2.24) is 20.3 Å². The van der Waals surface area contributed by atoms with Gasteiger partial charge in [0.1, 0.15) is 29.6 Å². The monoisotopic (exact) mass is 379 g/mol. The lowest BCUT2D eigenvalue weighted by atomic mass is 10.2. The van der Waals surface area contributed by atoms with Gasteiger partial charge in [-0.15, -0.1) is 0 Å². The van der Waals surface area contributed by atoms with E-state index in [1.807, 2.05) is 36.4 Å². The van der Waals surface area contributed by atoms with Crippen LogP contribution in [-0.4, -0.2) is 41.1 Å². The van der Waals surface area contributed by atoms with E-state index in [1.54, 1.807) is 19.5 Å². The highest BCUT2D eigenvalue weighted by molar-refractivity contribution is 5.91. The molecule has 28 heavy (non-hydrogen) atoms. The van der Waals surface area contributed by atoms with Crippen LogP contribution in [0.2, 0.25) is 0 Å². The zero-order valence-corrected chi connectivity index (χ0v) is 15.5. The lowest BCUT2D eigenvalue weighted by molar-refractivity contribution is 0.0945. The van der Waals surface area contributed by atoms with E-state index in [2.05, 4.69) is 25.6 Å². The third kappa shape index (κ3) is 5.66. The second-order valence-corrected chi connectivity index (χ2v) is 5.78. The average Bonchev–Trinajstić information content (AvgIpc) is 2.76. The van der Waals surface area contributed by atoms with Crippen molar-refractivity contribution in [2.45, 2.75) is 6.54 Å². The zero-order chi connectivity index (χ0) is 19.6. The molecule has 3 aromatic rings. The third-order valence-electron chi connectivity index (χ3n) is 3.82. The Kier molecular flexibility index (Phi) is 6.73. The summed E-state index contributed by atoms with van der Waals surface area (Å²) in [5.41, 5.74) is 1.22. The van der Waals surface area contributed by atoms with Crippen LogP contribution in [-0.2, 0) is 6.54 Å². The molecule has 0 unspecified atom stereocenters. The van der Waals surface area contributed by atoms with Crippen LogP contribution >= 0.6 is 0 Å². The first-order chi connectivity index (χ1) is 13.7. The molecule has 0 atom stereocenters. The van der Waals surface area contributed by atoms with Gasteiger partial charge in [-0.05, 0) is 42.0 Å². The maximum Gasteiger partial charge on any atom is 0.271 e. The number of hydrogen-bond donors (Lipinski definition) is 2. The summed E-state index contributed by atoms with van der Waals surface area (Å²) in [5.74, 6) is 1.84. The van der Waals surface area contributed by atoms with E-state index in [1.165, 1.54) is 12.4 Å². The normalized spacial score (nSPS) is 10.2. The second-order valence-electron chi connectivity index (χ2n) is 5.78. The molecule has 0 aliphatic rings. The fraction of sp³-hybridized carbons (Fsp3) is 0.200. The van der Waals surface area contributed by atoms with Crippen molar-refractivity contribution >= 4 is 11.7 Å². The molecule has 144 valence electrons. The molecule has 0 radical (unpaired) electrons. The van der Waals surface area contributed by atoms with Gasteiger partial charge in [0.15, 0.2) is 0 Å². The van der Waals surface area contributed by atoms with Crippen LogP contribution in [0.15, 0.2) is 61.2 Å². The van der Waals surface area contributed by atoms with Gasteiger partial charge >= 0.3 is 0 Å². The number of amides is 1. The Hall–Kier alpha value is -3.68. The second kappa shape index (κ2) is 9.86. The summed E-state index contributed by atoms with van der Waals surface area (Å²) >= 11 is 0. The number of carbonyl (C=O) groups is 1. The first-order valence-electron chi connectivity index (χ1n) is 8.74. The van der Waals surface area contributed by atoms with Crippen LogP contribution in [0.25, 0.3) is 0 Å². The van der Waals surface area contributed by atoms with Crippen LogP contribution in [0.5, 0.6) is 11.5 Å². The third-order valence-corrected chi connectivity index (χ3v) is 3.82. The summed E-state index contributed by atoms with van der Waals surface area (Å²) < 4.78 is 10.7. The summed E-state index contributed by atoms with van der Waals surface area (Å²) in [6.45, 7) is 1.42. The molecule has 0 bridgehead atoms. The number of ether oxygens (including phenoxy) is 2. The predicted molar refractivity (Wildman–Crippen MR) is 104 cm³/mol. The first-order valence-corrected chi connectivity index (χ1v) is 8.74. The molecule has 2 N–H and O–H groups in total. The summed E-state index contributed by atoms with van der Waals surface area (Å²) in [6, 6.07) is 11.1. The minimum absolute atomic E-state index is 0.258. The van der Waals surface area contributed by atoms with E-state index in [0.717, 1.165) is 17.1 Å². The van der Waals surface area contributed by atoms with Crippen molar-refractivity contribution in [3.63, 3.8) is 0 Å². The van der Waals surface area contributed by atoms with Crippen LogP contribution in [0, 0.1) is 0 Å². The number of aromatic nitrogens is 3. The van der Waals surface area contributed by atoms with E-state index in [9.17, 15) is 4.79 Å². The van der Waals surface area contributed by atoms with Crippen molar-refractivity contribution in [3.8, 4) is 11.5 Å². The van der Waals surface area contributed by atoms with E-state index in [0.29, 0.717) is 25.5 Å². The SMILES string of the molecule is COc1ccc(OCCNc2cnc(C(=O)NCc3ccncc3)cn2)cc1. The van der Waals surface area contributed by atoms with Crippen molar-refractivity contribution in [2.24, 2.45) is 0 Å². The van der Waals surface area contributed by atoms with Gasteiger partial charge in [-0.3, -0.25) is 9.78 Å². The van der Waals surface area contributed by atoms with E-state index in [4.69, 9.17) is 9.47 Å². The predicted octanol–water partition coefficient (Wildman–Crippen LogP) is 2.30. The van der Waals surface area contributed by atoms with Gasteiger partial charge in [0.2, 0.25) is 0 Å². The number of nitrogens with zero attached hydrogens (tertiary/aromatic N) is 3. The summed E-state index contributed by atoms with van der Waals surface area (Å²) in [5, 5.41) is 5.89. The van der Waals surface area contributed by atoms with Crippen molar-refractivity contribution < 1.29 is 14.3 Å². The zero-order valence-electron chi connectivity index (χ0n) is 15.5. The number of hydrogen-bond acceptors (Lipinski definition) is 7. The Morgan fingerprint density at radius 2 is 1.75 bits per heavy atom. The Morgan fingerprint density at radius 1 is 1.00 bits per heavy atom. The average molecular weight is 379 g/mol. The molecule has 1 amide bonds. The number of nitrogens with one attached hydrogen (secondary N) is 2. The largest absolute Gasteiger partial charge is 0.497 e. The molecule has 0 spiro atoms. The lowest BCUT2D eigenvalue weighted by Gasteiger charge is -2.09. The molecule has 2 heterocycles. The first kappa shape index (κ1) is 19.1. The fourth-order valence-corrected chi connectivity index (χ4v) is 2.33. The molecule has 0 saturated carbocycles. The van der Waals surface area contributed by atoms with Gasteiger partial charge < -0.3 is 20.1 Å². The van der Waals surface area contributed by atoms with Crippen LogP contribution < -0.4 is 20.1 Å². The van der Waals surface area contributed by atoms with E-state index < -0.39 is 0 Å². The van der Waals surface area contributed by atoms with E-state index >= 15 is 0 Å². The molecule has 8 heteroatoms. The number of rotatable bonds is 9. The van der Waals surface area contributed by atoms with Crippen LogP contribution in [0.3, 0.4) is 0 Å². The number of methoxy groups -OCH3 is 1. The van der Waals surface area contributed by atoms with Crippen LogP contribution in [0.4, 0.5) is 5.82 Å². The molecule has 0 aliphatic heterocycles. The molecule has 2 aromatic heterocycles. The Labute approximate surface area is 163 Å².